The summed E-state index contributed by atoms with van der Waals surface area (Å²) in [6.45, 7) is 14.3. The van der Waals surface area contributed by atoms with E-state index in [1.807, 2.05) is 37.3 Å². The van der Waals surface area contributed by atoms with Gasteiger partial charge in [-0.2, -0.15) is 0 Å². The van der Waals surface area contributed by atoms with E-state index in [0.29, 0.717) is 22.7 Å². The lowest BCUT2D eigenvalue weighted by Crippen LogP contribution is -2.28. The van der Waals surface area contributed by atoms with Crippen molar-refractivity contribution in [3.8, 4) is 5.75 Å². The van der Waals surface area contributed by atoms with E-state index in [4.69, 9.17) is 4.74 Å². The van der Waals surface area contributed by atoms with Crippen LogP contribution in [0.1, 0.15) is 65.2 Å². The van der Waals surface area contributed by atoms with Crippen LogP contribution in [0.15, 0.2) is 52.3 Å². The molecule has 2 aliphatic carbocycles. The number of carbonyl (C=O) groups excluding carboxylic acids is 2. The van der Waals surface area contributed by atoms with Gasteiger partial charge in [-0.25, -0.2) is 4.79 Å². The average molecular weight is 434 g/mol. The molecule has 1 aliphatic heterocycles. The Morgan fingerprint density at radius 2 is 1.59 bits per heavy atom. The van der Waals surface area contributed by atoms with E-state index in [1.165, 1.54) is 4.90 Å². The van der Waals surface area contributed by atoms with Gasteiger partial charge in [0.25, 0.3) is 0 Å². The fourth-order valence-corrected chi connectivity index (χ4v) is 4.51. The SMILES string of the molecule is CC1=C2C=C3OC(=O)N(C)C3C=C2C(=O)C1=Cc1cc(C(C)(C)C)c(O)c(C(C)(C)C)c1. The first-order chi connectivity index (χ1) is 14.7. The summed E-state index contributed by atoms with van der Waals surface area (Å²) in [4.78, 5) is 26.7. The van der Waals surface area contributed by atoms with Crippen LogP contribution in [-0.4, -0.2) is 35.0 Å². The van der Waals surface area contributed by atoms with Crippen LogP contribution < -0.4 is 0 Å². The van der Waals surface area contributed by atoms with Crippen LogP contribution in [0, 0.1) is 0 Å². The zero-order valence-electron chi connectivity index (χ0n) is 20.1. The number of benzene rings is 1. The molecule has 1 N–H and O–H groups in total. The van der Waals surface area contributed by atoms with Gasteiger partial charge in [0.15, 0.2) is 5.78 Å². The average Bonchev–Trinajstić information content (AvgIpc) is 3.08. The standard InChI is InChI=1S/C27H31NO4/c1-14-16-13-22-21(28(8)25(31)32-22)12-18(16)23(29)17(14)9-15-10-19(26(2,3)4)24(30)20(11-15)27(5,6)7/h9-13,21,30H,1-8H3. The number of hydrogen-bond donors (Lipinski definition) is 1. The molecule has 3 aliphatic rings. The highest BCUT2D eigenvalue weighted by molar-refractivity contribution is 6.21. The molecule has 1 saturated heterocycles. The normalized spacial score (nSPS) is 22.2. The van der Waals surface area contributed by atoms with Gasteiger partial charge in [-0.05, 0) is 64.8 Å². The van der Waals surface area contributed by atoms with Crippen LogP contribution in [0.2, 0.25) is 0 Å². The Morgan fingerprint density at radius 1 is 1.03 bits per heavy atom. The van der Waals surface area contributed by atoms with E-state index in [1.54, 1.807) is 7.05 Å². The number of allylic oxidation sites excluding steroid dienone is 5. The number of ether oxygens (including phenoxy) is 1. The molecule has 1 amide bonds. The number of phenolic OH excluding ortho intramolecular Hbond substituents is 1. The summed E-state index contributed by atoms with van der Waals surface area (Å²) in [5.41, 5.74) is 5.00. The predicted octanol–water partition coefficient (Wildman–Crippen LogP) is 5.54. The minimum atomic E-state index is -0.409. The van der Waals surface area contributed by atoms with E-state index in [2.05, 4.69) is 41.5 Å². The van der Waals surface area contributed by atoms with Crippen molar-refractivity contribution in [2.45, 2.75) is 65.3 Å². The van der Waals surface area contributed by atoms with Crippen molar-refractivity contribution in [3.63, 3.8) is 0 Å². The third-order valence-corrected chi connectivity index (χ3v) is 6.46. The van der Waals surface area contributed by atoms with Crippen LogP contribution in [-0.2, 0) is 20.4 Å². The Labute approximate surface area is 189 Å². The summed E-state index contributed by atoms with van der Waals surface area (Å²) in [5.74, 6) is 0.821. The van der Waals surface area contributed by atoms with Crippen molar-refractivity contribution >= 4 is 18.0 Å². The molecule has 5 nitrogen and oxygen atoms in total. The number of carbonyl (C=O) groups is 2. The molecule has 0 saturated carbocycles. The fraction of sp³-hybridized carbons (Fsp3) is 0.407. The number of likely N-dealkylation sites (N-methyl/N-ethyl adjacent to an activating group) is 1. The topological polar surface area (TPSA) is 66.8 Å². The quantitative estimate of drug-likeness (QED) is 0.590. The molecule has 1 aromatic carbocycles. The van der Waals surface area contributed by atoms with Crippen molar-refractivity contribution in [1.82, 2.24) is 4.90 Å². The number of amides is 1. The Balaban J connectivity index is 1.86. The van der Waals surface area contributed by atoms with Crippen LogP contribution in [0.25, 0.3) is 6.08 Å². The minimum absolute atomic E-state index is 0.0526. The van der Waals surface area contributed by atoms with Gasteiger partial charge < -0.3 is 9.84 Å². The summed E-state index contributed by atoms with van der Waals surface area (Å²) in [6.07, 6.45) is 5.14. The molecule has 1 unspecified atom stereocenters. The van der Waals surface area contributed by atoms with E-state index in [-0.39, 0.29) is 22.7 Å². The Morgan fingerprint density at radius 3 is 2.12 bits per heavy atom. The number of rotatable bonds is 1. The first-order valence-corrected chi connectivity index (χ1v) is 10.9. The second-order valence-corrected chi connectivity index (χ2v) is 10.9. The van der Waals surface area contributed by atoms with E-state index in [9.17, 15) is 14.7 Å². The van der Waals surface area contributed by atoms with Gasteiger partial charge >= 0.3 is 6.09 Å². The largest absolute Gasteiger partial charge is 0.507 e. The van der Waals surface area contributed by atoms with Crippen LogP contribution in [0.5, 0.6) is 5.75 Å². The highest BCUT2D eigenvalue weighted by Crippen LogP contribution is 2.43. The first-order valence-electron chi connectivity index (χ1n) is 10.9. The molecule has 1 heterocycles. The van der Waals surface area contributed by atoms with Gasteiger partial charge in [-0.15, -0.1) is 0 Å². The first kappa shape index (κ1) is 22.1. The molecule has 0 spiro atoms. The molecule has 0 aromatic heterocycles. The molecule has 4 rings (SSSR count). The third kappa shape index (κ3) is 3.40. The van der Waals surface area contributed by atoms with Gasteiger partial charge in [0.1, 0.15) is 17.6 Å². The van der Waals surface area contributed by atoms with Crippen molar-refractivity contribution < 1.29 is 19.4 Å². The third-order valence-electron chi connectivity index (χ3n) is 6.46. The van der Waals surface area contributed by atoms with E-state index in [0.717, 1.165) is 27.8 Å². The maximum Gasteiger partial charge on any atom is 0.415 e. The Hall–Kier alpha value is -3.08. The molecule has 1 atom stereocenters. The molecular weight excluding hydrogens is 402 g/mol. The lowest BCUT2D eigenvalue weighted by molar-refractivity contribution is -0.111. The Bertz CT molecular complexity index is 1140. The van der Waals surface area contributed by atoms with Crippen LogP contribution >= 0.6 is 0 Å². The summed E-state index contributed by atoms with van der Waals surface area (Å²) < 4.78 is 5.35. The summed E-state index contributed by atoms with van der Waals surface area (Å²) in [6, 6.07) is 3.61. The highest BCUT2D eigenvalue weighted by Gasteiger charge is 2.41. The predicted molar refractivity (Wildman–Crippen MR) is 125 cm³/mol. The number of Topliss-reactive ketones (excluding diaryl/α,β-unsaturated/α-hetero) is 1. The van der Waals surface area contributed by atoms with Crippen molar-refractivity contribution in [1.29, 1.82) is 0 Å². The number of phenols is 1. The summed E-state index contributed by atoms with van der Waals surface area (Å²) in [5, 5.41) is 11.0. The van der Waals surface area contributed by atoms with Gasteiger partial charge in [0, 0.05) is 29.3 Å². The maximum absolute atomic E-state index is 13.4. The number of aromatic hydroxyl groups is 1. The zero-order valence-corrected chi connectivity index (χ0v) is 20.1. The molecule has 0 radical (unpaired) electrons. The molecule has 5 heteroatoms. The van der Waals surface area contributed by atoms with Gasteiger partial charge in [0.05, 0.1) is 0 Å². The van der Waals surface area contributed by atoms with E-state index < -0.39 is 6.09 Å². The zero-order chi connectivity index (χ0) is 23.7. The smallest absolute Gasteiger partial charge is 0.415 e. The summed E-state index contributed by atoms with van der Waals surface area (Å²) in [7, 11) is 1.67. The second-order valence-electron chi connectivity index (χ2n) is 10.9. The van der Waals surface area contributed by atoms with Crippen molar-refractivity contribution in [2.24, 2.45) is 0 Å². The second kappa shape index (κ2) is 6.96. The molecule has 1 fully saturated rings. The highest BCUT2D eigenvalue weighted by atomic mass is 16.6. The number of hydrogen-bond acceptors (Lipinski definition) is 4. The molecule has 32 heavy (non-hydrogen) atoms. The molecule has 1 aromatic rings. The monoisotopic (exact) mass is 433 g/mol. The van der Waals surface area contributed by atoms with Crippen molar-refractivity contribution in [2.75, 3.05) is 7.05 Å². The summed E-state index contributed by atoms with van der Waals surface area (Å²) >= 11 is 0. The van der Waals surface area contributed by atoms with Gasteiger partial charge in [0.2, 0.25) is 0 Å². The van der Waals surface area contributed by atoms with Gasteiger partial charge in [-0.3, -0.25) is 9.69 Å². The maximum atomic E-state index is 13.4. The molecule has 168 valence electrons. The van der Waals surface area contributed by atoms with Crippen LogP contribution in [0.4, 0.5) is 4.79 Å². The number of ketones is 1. The van der Waals surface area contributed by atoms with Crippen LogP contribution in [0.3, 0.4) is 0 Å². The van der Waals surface area contributed by atoms with E-state index >= 15 is 0 Å². The molecular formula is C27H31NO4. The minimum Gasteiger partial charge on any atom is -0.507 e. The van der Waals surface area contributed by atoms with Gasteiger partial charge in [-0.1, -0.05) is 41.5 Å². The lowest BCUT2D eigenvalue weighted by Gasteiger charge is -2.28. The fourth-order valence-electron chi connectivity index (χ4n) is 4.51. The molecule has 0 bridgehead atoms. The lowest BCUT2D eigenvalue weighted by atomic mass is 9.78. The number of nitrogens with zero attached hydrogens (tertiary/aromatic N) is 1. The van der Waals surface area contributed by atoms with Crippen molar-refractivity contribution in [3.05, 3.63) is 69.0 Å². The Kier molecular flexibility index (Phi) is 4.81. The number of fused-ring (bicyclic) bond motifs is 2.